The minimum absolute atomic E-state index is 0.0150. The Kier molecular flexibility index (Phi) is 5.87. The number of hydrogen-bond acceptors (Lipinski definition) is 4. The predicted molar refractivity (Wildman–Crippen MR) is 65.3 cm³/mol. The number of nitrogens with zero attached hydrogens (tertiary/aromatic N) is 1. The number of piperidine rings is 1. The highest BCUT2D eigenvalue weighted by Gasteiger charge is 2.25. The van der Waals surface area contributed by atoms with Gasteiger partial charge in [-0.15, -0.1) is 0 Å². The zero-order valence-corrected chi connectivity index (χ0v) is 10.6. The highest BCUT2D eigenvalue weighted by atomic mass is 16.4. The summed E-state index contributed by atoms with van der Waals surface area (Å²) in [5.41, 5.74) is 0. The predicted octanol–water partition coefficient (Wildman–Crippen LogP) is -0.785. The lowest BCUT2D eigenvalue weighted by atomic mass is 10.1. The van der Waals surface area contributed by atoms with Crippen molar-refractivity contribution in [3.63, 3.8) is 0 Å². The summed E-state index contributed by atoms with van der Waals surface area (Å²) in [5, 5.41) is 23.3. The molecule has 0 aliphatic carbocycles. The van der Waals surface area contributed by atoms with Gasteiger partial charge in [-0.05, 0) is 25.9 Å². The van der Waals surface area contributed by atoms with Crippen LogP contribution in [0.4, 0.5) is 4.79 Å². The van der Waals surface area contributed by atoms with Crippen molar-refractivity contribution < 1.29 is 19.8 Å². The molecule has 0 aromatic carbocycles. The molecule has 0 radical (unpaired) electrons. The average molecular weight is 259 g/mol. The third-order valence-electron chi connectivity index (χ3n) is 3.19. The number of carbonyl (C=O) groups is 2. The van der Waals surface area contributed by atoms with E-state index in [1.165, 1.54) is 0 Å². The van der Waals surface area contributed by atoms with E-state index in [9.17, 15) is 9.59 Å². The van der Waals surface area contributed by atoms with Crippen molar-refractivity contribution in [2.45, 2.75) is 31.3 Å². The number of carboxylic acid groups (broad SMARTS) is 1. The van der Waals surface area contributed by atoms with Gasteiger partial charge in [-0.3, -0.25) is 0 Å². The van der Waals surface area contributed by atoms with Crippen molar-refractivity contribution in [3.8, 4) is 0 Å². The molecule has 1 fully saturated rings. The monoisotopic (exact) mass is 259 g/mol. The molecule has 18 heavy (non-hydrogen) atoms. The Morgan fingerprint density at radius 1 is 1.44 bits per heavy atom. The first kappa shape index (κ1) is 14.7. The molecule has 7 heteroatoms. The second kappa shape index (κ2) is 7.17. The minimum Gasteiger partial charge on any atom is -0.480 e. The quantitative estimate of drug-likeness (QED) is 0.518. The molecule has 1 aliphatic heterocycles. The number of nitrogens with one attached hydrogen (secondary N) is 2. The van der Waals surface area contributed by atoms with Gasteiger partial charge in [0.05, 0.1) is 0 Å². The summed E-state index contributed by atoms with van der Waals surface area (Å²) in [6.07, 6.45) is 1.74. The van der Waals surface area contributed by atoms with Crippen LogP contribution in [0.3, 0.4) is 0 Å². The van der Waals surface area contributed by atoms with E-state index in [0.29, 0.717) is 0 Å². The molecule has 0 aromatic rings. The topological polar surface area (TPSA) is 102 Å². The number of carbonyl (C=O) groups excluding carboxylic acids is 1. The van der Waals surface area contributed by atoms with Crippen LogP contribution >= 0.6 is 0 Å². The van der Waals surface area contributed by atoms with E-state index in [0.717, 1.165) is 25.9 Å². The minimum atomic E-state index is -1.13. The van der Waals surface area contributed by atoms with Crippen molar-refractivity contribution in [1.82, 2.24) is 15.5 Å². The van der Waals surface area contributed by atoms with Crippen molar-refractivity contribution in [2.24, 2.45) is 0 Å². The van der Waals surface area contributed by atoms with E-state index < -0.39 is 18.0 Å². The summed E-state index contributed by atoms with van der Waals surface area (Å²) in [5.74, 6) is -1.13. The fourth-order valence-electron chi connectivity index (χ4n) is 2.00. The normalized spacial score (nSPS) is 18.1. The largest absolute Gasteiger partial charge is 0.480 e. The number of hydrogen-bond donors (Lipinski definition) is 4. The van der Waals surface area contributed by atoms with E-state index in [1.54, 1.807) is 11.9 Å². The van der Waals surface area contributed by atoms with Crippen LogP contribution in [-0.2, 0) is 4.79 Å². The fourth-order valence-corrected chi connectivity index (χ4v) is 2.00. The van der Waals surface area contributed by atoms with Gasteiger partial charge in [0.2, 0.25) is 0 Å². The molecule has 0 saturated carbocycles. The summed E-state index contributed by atoms with van der Waals surface area (Å²) in [6.45, 7) is 1.46. The van der Waals surface area contributed by atoms with Gasteiger partial charge in [-0.25, -0.2) is 9.59 Å². The van der Waals surface area contributed by atoms with Crippen molar-refractivity contribution >= 4 is 12.0 Å². The van der Waals surface area contributed by atoms with Crippen molar-refractivity contribution in [2.75, 3.05) is 26.7 Å². The van der Waals surface area contributed by atoms with Gasteiger partial charge in [-0.1, -0.05) is 0 Å². The van der Waals surface area contributed by atoms with Gasteiger partial charge in [0.25, 0.3) is 0 Å². The van der Waals surface area contributed by atoms with Gasteiger partial charge in [0.1, 0.15) is 6.04 Å². The van der Waals surface area contributed by atoms with Crippen LogP contribution in [0.15, 0.2) is 0 Å². The summed E-state index contributed by atoms with van der Waals surface area (Å²) < 4.78 is 0. The Morgan fingerprint density at radius 2 is 2.06 bits per heavy atom. The molecule has 1 unspecified atom stereocenters. The SMILES string of the molecule is CN(C(=O)NC(CCO)C(=O)O)C1CCNCC1. The zero-order valence-electron chi connectivity index (χ0n) is 10.6. The van der Waals surface area contributed by atoms with Gasteiger partial charge >= 0.3 is 12.0 Å². The maximum absolute atomic E-state index is 11.9. The number of aliphatic carboxylic acids is 1. The van der Waals surface area contributed by atoms with E-state index in [-0.39, 0.29) is 19.1 Å². The lowest BCUT2D eigenvalue weighted by Crippen LogP contribution is -2.52. The molecule has 7 nitrogen and oxygen atoms in total. The Labute approximate surface area is 106 Å². The second-order valence-corrected chi connectivity index (χ2v) is 4.44. The number of aliphatic hydroxyl groups excluding tert-OH is 1. The zero-order chi connectivity index (χ0) is 13.5. The maximum Gasteiger partial charge on any atom is 0.326 e. The molecule has 1 heterocycles. The van der Waals surface area contributed by atoms with E-state index in [1.807, 2.05) is 0 Å². The third-order valence-corrected chi connectivity index (χ3v) is 3.19. The first-order chi connectivity index (χ1) is 8.56. The first-order valence-corrected chi connectivity index (χ1v) is 6.14. The second-order valence-electron chi connectivity index (χ2n) is 4.44. The number of amides is 2. The van der Waals surface area contributed by atoms with Crippen molar-refractivity contribution in [1.29, 1.82) is 0 Å². The molecule has 2 amide bonds. The van der Waals surface area contributed by atoms with Crippen LogP contribution in [-0.4, -0.2) is 65.9 Å². The highest BCUT2D eigenvalue weighted by molar-refractivity contribution is 5.82. The molecular weight excluding hydrogens is 238 g/mol. The van der Waals surface area contributed by atoms with Crippen molar-refractivity contribution in [3.05, 3.63) is 0 Å². The first-order valence-electron chi connectivity index (χ1n) is 6.14. The lowest BCUT2D eigenvalue weighted by Gasteiger charge is -2.32. The molecular formula is C11H21N3O4. The Bertz CT molecular complexity index is 292. The van der Waals surface area contributed by atoms with Gasteiger partial charge < -0.3 is 25.7 Å². The maximum atomic E-state index is 11.9. The standard InChI is InChI=1S/C11H21N3O4/c1-14(8-2-5-12-6-3-8)11(18)13-9(4-7-15)10(16)17/h8-9,12,15H,2-7H2,1H3,(H,13,18)(H,16,17). The third kappa shape index (κ3) is 4.15. The van der Waals surface area contributed by atoms with Crippen LogP contribution in [0.5, 0.6) is 0 Å². The molecule has 0 aromatic heterocycles. The van der Waals surface area contributed by atoms with Crippen LogP contribution in [0, 0.1) is 0 Å². The molecule has 0 bridgehead atoms. The van der Waals surface area contributed by atoms with E-state index in [4.69, 9.17) is 10.2 Å². The van der Waals surface area contributed by atoms with E-state index >= 15 is 0 Å². The number of aliphatic hydroxyl groups is 1. The van der Waals surface area contributed by atoms with Crippen LogP contribution < -0.4 is 10.6 Å². The smallest absolute Gasteiger partial charge is 0.326 e. The fraction of sp³-hybridized carbons (Fsp3) is 0.818. The Morgan fingerprint density at radius 3 is 2.56 bits per heavy atom. The average Bonchev–Trinajstić information content (AvgIpc) is 2.38. The molecule has 1 aliphatic rings. The molecule has 0 spiro atoms. The molecule has 1 saturated heterocycles. The number of urea groups is 1. The molecule has 1 rings (SSSR count). The number of rotatable bonds is 5. The van der Waals surface area contributed by atoms with Crippen LogP contribution in [0.1, 0.15) is 19.3 Å². The Hall–Kier alpha value is -1.34. The van der Waals surface area contributed by atoms with Gasteiger partial charge in [0, 0.05) is 26.1 Å². The molecule has 4 N–H and O–H groups in total. The summed E-state index contributed by atoms with van der Waals surface area (Å²) in [6, 6.07) is -1.30. The lowest BCUT2D eigenvalue weighted by molar-refractivity contribution is -0.139. The summed E-state index contributed by atoms with van der Waals surface area (Å²) >= 11 is 0. The van der Waals surface area contributed by atoms with Crippen LogP contribution in [0.2, 0.25) is 0 Å². The summed E-state index contributed by atoms with van der Waals surface area (Å²) in [4.78, 5) is 24.3. The molecule has 104 valence electrons. The number of carboxylic acids is 1. The Balaban J connectivity index is 2.48. The van der Waals surface area contributed by atoms with Gasteiger partial charge in [0.15, 0.2) is 0 Å². The van der Waals surface area contributed by atoms with E-state index in [2.05, 4.69) is 10.6 Å². The molecule has 1 atom stereocenters. The van der Waals surface area contributed by atoms with Crippen LogP contribution in [0.25, 0.3) is 0 Å². The highest BCUT2D eigenvalue weighted by Crippen LogP contribution is 2.10. The summed E-state index contributed by atoms with van der Waals surface area (Å²) in [7, 11) is 1.67. The van der Waals surface area contributed by atoms with Gasteiger partial charge in [-0.2, -0.15) is 0 Å².